The quantitative estimate of drug-likeness (QED) is 0.161. The van der Waals surface area contributed by atoms with Gasteiger partial charge in [-0.1, -0.05) is 32.4 Å². The normalized spacial score (nSPS) is 27.0. The number of nitrogens with zero attached hydrogens (tertiary/aromatic N) is 3. The van der Waals surface area contributed by atoms with Crippen molar-refractivity contribution in [2.45, 2.75) is 102 Å². The van der Waals surface area contributed by atoms with Crippen molar-refractivity contribution in [1.29, 1.82) is 0 Å². The van der Waals surface area contributed by atoms with E-state index in [0.717, 1.165) is 58.3 Å². The molecule has 3 heterocycles. The predicted octanol–water partition coefficient (Wildman–Crippen LogP) is 1.72. The minimum absolute atomic E-state index is 0.0177. The lowest BCUT2D eigenvalue weighted by molar-refractivity contribution is -0.140. The molecule has 0 aromatic carbocycles. The van der Waals surface area contributed by atoms with Gasteiger partial charge in [0, 0.05) is 50.4 Å². The zero-order valence-electron chi connectivity index (χ0n) is 23.4. The number of carbonyl (C=O) groups is 2. The van der Waals surface area contributed by atoms with E-state index in [4.69, 9.17) is 11.5 Å². The zero-order valence-corrected chi connectivity index (χ0v) is 23.4. The van der Waals surface area contributed by atoms with E-state index in [0.29, 0.717) is 37.9 Å². The second-order valence-corrected chi connectivity index (χ2v) is 11.0. The van der Waals surface area contributed by atoms with Crippen LogP contribution in [0.1, 0.15) is 71.6 Å². The zero-order chi connectivity index (χ0) is 27.5. The molecular weight excluding hydrogens is 485 g/mol. The van der Waals surface area contributed by atoms with Crippen LogP contribution in [-0.4, -0.2) is 97.1 Å². The first-order valence-corrected chi connectivity index (χ1v) is 14.7. The van der Waals surface area contributed by atoms with Crippen LogP contribution in [0.25, 0.3) is 0 Å². The number of hydrogen-bond acceptors (Lipinski definition) is 7. The number of nitrogens with one attached hydrogen (secondary N) is 2. The third-order valence-corrected chi connectivity index (χ3v) is 8.08. The third-order valence-electron chi connectivity index (χ3n) is 8.08. The Hall–Kier alpha value is -1.88. The maximum atomic E-state index is 14.5. The lowest BCUT2D eigenvalue weighted by atomic mass is 9.91. The van der Waals surface area contributed by atoms with Gasteiger partial charge in [0.05, 0.1) is 18.8 Å². The van der Waals surface area contributed by atoms with E-state index in [1.165, 1.54) is 0 Å². The molecule has 5 unspecified atom stereocenters. The van der Waals surface area contributed by atoms with Crippen LogP contribution in [0, 0.1) is 5.92 Å². The first-order chi connectivity index (χ1) is 18.3. The number of allylic oxidation sites excluding steroid dienone is 2. The van der Waals surface area contributed by atoms with E-state index in [-0.39, 0.29) is 36.5 Å². The predicted molar refractivity (Wildman–Crippen MR) is 151 cm³/mol. The molecule has 3 saturated heterocycles. The Morgan fingerprint density at radius 3 is 2.82 bits per heavy atom. The molecular formula is C28H50FN7O2. The fourth-order valence-corrected chi connectivity index (χ4v) is 6.10. The maximum Gasteiger partial charge on any atom is 0.232 e. The highest BCUT2D eigenvalue weighted by Gasteiger charge is 2.40. The molecule has 5 atom stereocenters. The van der Waals surface area contributed by atoms with Crippen molar-refractivity contribution in [1.82, 2.24) is 20.4 Å². The van der Waals surface area contributed by atoms with Crippen LogP contribution in [0.15, 0.2) is 17.1 Å². The molecule has 9 nitrogen and oxygen atoms in total. The number of piperazine rings is 1. The van der Waals surface area contributed by atoms with Crippen LogP contribution in [-0.2, 0) is 9.59 Å². The van der Waals surface area contributed by atoms with Gasteiger partial charge in [-0.3, -0.25) is 19.5 Å². The third kappa shape index (κ3) is 8.56. The van der Waals surface area contributed by atoms with E-state index >= 15 is 0 Å². The number of piperidine rings is 2. The maximum absolute atomic E-state index is 14.5. The minimum atomic E-state index is -1.07. The summed E-state index contributed by atoms with van der Waals surface area (Å²) in [6.07, 6.45) is 8.93. The Kier molecular flexibility index (Phi) is 12.6. The number of hydrogen-bond donors (Lipinski definition) is 4. The standard InChI is InChI=1S/C28H50FN7O2/c1-3-5-6-7-10-20(29)17-33-22(9-4-2)26(27(30)31)28(38)34-23-18-32-14-13-24(23)35-15-16-36-21(19-35)11-8-12-25(36)37/h5-6,20-21,23-24,26-27,32H,3-4,7-19,30-31H2,1-2H3,(H,34,38)/b6-5-,33-22?. The van der Waals surface area contributed by atoms with Crippen LogP contribution < -0.4 is 22.1 Å². The SMILES string of the molecule is CC/C=C\CCC(F)CN=C(CCC)C(C(=O)NC1CNCCC1N1CCN2C(=O)CCCC2C1)C(N)N. The van der Waals surface area contributed by atoms with Crippen LogP contribution in [0.2, 0.25) is 0 Å². The topological polar surface area (TPSA) is 129 Å². The van der Waals surface area contributed by atoms with Crippen molar-refractivity contribution in [3.63, 3.8) is 0 Å². The highest BCUT2D eigenvalue weighted by molar-refractivity contribution is 6.05. The van der Waals surface area contributed by atoms with Gasteiger partial charge in [-0.15, -0.1) is 0 Å². The fourth-order valence-electron chi connectivity index (χ4n) is 6.10. The lowest BCUT2D eigenvalue weighted by Crippen LogP contribution is -2.66. The number of carbonyl (C=O) groups excluding carboxylic acids is 2. The highest BCUT2D eigenvalue weighted by Crippen LogP contribution is 2.25. The summed E-state index contributed by atoms with van der Waals surface area (Å²) >= 11 is 0. The molecule has 0 aliphatic carbocycles. The fraction of sp³-hybridized carbons (Fsp3) is 0.821. The van der Waals surface area contributed by atoms with Gasteiger partial charge in [-0.05, 0) is 51.5 Å². The van der Waals surface area contributed by atoms with Crippen molar-refractivity contribution < 1.29 is 14.0 Å². The van der Waals surface area contributed by atoms with Crippen molar-refractivity contribution in [2.24, 2.45) is 22.4 Å². The molecule has 2 amide bonds. The van der Waals surface area contributed by atoms with Gasteiger partial charge < -0.3 is 27.0 Å². The summed E-state index contributed by atoms with van der Waals surface area (Å²) in [4.78, 5) is 35.0. The summed E-state index contributed by atoms with van der Waals surface area (Å²) < 4.78 is 14.5. The molecule has 3 fully saturated rings. The number of alkyl halides is 1. The Labute approximate surface area is 228 Å². The largest absolute Gasteiger partial charge is 0.350 e. The van der Waals surface area contributed by atoms with E-state index in [2.05, 4.69) is 27.4 Å². The van der Waals surface area contributed by atoms with Gasteiger partial charge in [0.25, 0.3) is 0 Å². The van der Waals surface area contributed by atoms with Gasteiger partial charge in [0.2, 0.25) is 11.8 Å². The van der Waals surface area contributed by atoms with Crippen LogP contribution in [0.4, 0.5) is 4.39 Å². The summed E-state index contributed by atoms with van der Waals surface area (Å²) in [5.74, 6) is -0.761. The van der Waals surface area contributed by atoms with Gasteiger partial charge >= 0.3 is 0 Å². The number of nitrogens with two attached hydrogens (primary N) is 2. The molecule has 0 aromatic rings. The Morgan fingerprint density at radius 1 is 1.26 bits per heavy atom. The average molecular weight is 536 g/mol. The van der Waals surface area contributed by atoms with E-state index in [9.17, 15) is 14.0 Å². The molecule has 38 heavy (non-hydrogen) atoms. The minimum Gasteiger partial charge on any atom is -0.350 e. The molecule has 10 heteroatoms. The van der Waals surface area contributed by atoms with Crippen molar-refractivity contribution in [2.75, 3.05) is 39.3 Å². The van der Waals surface area contributed by atoms with E-state index < -0.39 is 18.3 Å². The molecule has 0 bridgehead atoms. The Morgan fingerprint density at radius 2 is 2.08 bits per heavy atom. The molecule has 216 valence electrons. The van der Waals surface area contributed by atoms with Gasteiger partial charge in [-0.2, -0.15) is 0 Å². The highest BCUT2D eigenvalue weighted by atomic mass is 19.1. The van der Waals surface area contributed by atoms with Crippen molar-refractivity contribution in [3.8, 4) is 0 Å². The number of fused-ring (bicyclic) bond motifs is 1. The van der Waals surface area contributed by atoms with Crippen molar-refractivity contribution >= 4 is 17.5 Å². The number of aliphatic imine (C=N–C) groups is 1. The Bertz CT molecular complexity index is 821. The van der Waals surface area contributed by atoms with Crippen LogP contribution in [0.5, 0.6) is 0 Å². The average Bonchev–Trinajstić information content (AvgIpc) is 2.90. The van der Waals surface area contributed by atoms with Gasteiger partial charge in [0.1, 0.15) is 12.1 Å². The first kappa shape index (κ1) is 30.7. The molecule has 0 spiro atoms. The molecule has 3 aliphatic rings. The van der Waals surface area contributed by atoms with Crippen LogP contribution in [0.3, 0.4) is 0 Å². The summed E-state index contributed by atoms with van der Waals surface area (Å²) in [7, 11) is 0. The van der Waals surface area contributed by atoms with E-state index in [1.807, 2.05) is 24.0 Å². The number of halogens is 1. The van der Waals surface area contributed by atoms with Gasteiger partial charge in [-0.25, -0.2) is 4.39 Å². The Balaban J connectivity index is 1.65. The van der Waals surface area contributed by atoms with Crippen LogP contribution >= 0.6 is 0 Å². The summed E-state index contributed by atoms with van der Waals surface area (Å²) in [5, 5.41) is 6.65. The first-order valence-electron chi connectivity index (χ1n) is 14.7. The van der Waals surface area contributed by atoms with Crippen molar-refractivity contribution in [3.05, 3.63) is 12.2 Å². The molecule has 6 N–H and O–H groups in total. The van der Waals surface area contributed by atoms with Gasteiger partial charge in [0.15, 0.2) is 0 Å². The molecule has 3 rings (SSSR count). The smallest absolute Gasteiger partial charge is 0.232 e. The molecule has 3 aliphatic heterocycles. The molecule has 0 radical (unpaired) electrons. The summed E-state index contributed by atoms with van der Waals surface area (Å²) in [6.45, 7) is 8.02. The number of amides is 2. The van der Waals surface area contributed by atoms with E-state index in [1.54, 1.807) is 0 Å². The second kappa shape index (κ2) is 15.6. The molecule has 0 saturated carbocycles. The number of rotatable bonds is 13. The summed E-state index contributed by atoms with van der Waals surface area (Å²) in [6, 6.07) is 0.327. The monoisotopic (exact) mass is 535 g/mol. The second-order valence-electron chi connectivity index (χ2n) is 11.0. The summed E-state index contributed by atoms with van der Waals surface area (Å²) in [5.41, 5.74) is 12.8. The lowest BCUT2D eigenvalue weighted by Gasteiger charge is -2.49. The molecule has 0 aromatic heterocycles.